The summed E-state index contributed by atoms with van der Waals surface area (Å²) >= 11 is 1.30. The van der Waals surface area contributed by atoms with Crippen LogP contribution in [0.3, 0.4) is 0 Å². The van der Waals surface area contributed by atoms with Crippen LogP contribution in [-0.2, 0) is 16.6 Å². The average molecular weight is 367 g/mol. The minimum Gasteiger partial charge on any atom is -0.370 e. The van der Waals surface area contributed by atoms with Crippen molar-refractivity contribution in [3.05, 3.63) is 29.3 Å². The average Bonchev–Trinajstić information content (AvgIpc) is 3.00. The predicted octanol–water partition coefficient (Wildman–Crippen LogP) is 0.578. The number of sulfonamides is 1. The maximum Gasteiger partial charge on any atom is 0.233 e. The summed E-state index contributed by atoms with van der Waals surface area (Å²) in [5, 5.41) is 2.25. The molecule has 2 rings (SSSR count). The van der Waals surface area contributed by atoms with Crippen molar-refractivity contribution in [2.45, 2.75) is 13.5 Å². The first-order valence-corrected chi connectivity index (χ1v) is 9.42. The zero-order valence-electron chi connectivity index (χ0n) is 12.9. The van der Waals surface area contributed by atoms with Gasteiger partial charge in [-0.2, -0.15) is 4.99 Å². The highest BCUT2D eigenvalue weighted by atomic mass is 32.2. The van der Waals surface area contributed by atoms with Gasteiger partial charge in [-0.15, -0.1) is 11.3 Å². The van der Waals surface area contributed by atoms with Crippen LogP contribution in [-0.4, -0.2) is 36.4 Å². The van der Waals surface area contributed by atoms with Gasteiger partial charge in [0.2, 0.25) is 15.2 Å². The Morgan fingerprint density at radius 3 is 2.83 bits per heavy atom. The minimum atomic E-state index is -3.29. The van der Waals surface area contributed by atoms with Gasteiger partial charge in [-0.1, -0.05) is 6.07 Å². The Morgan fingerprint density at radius 2 is 2.12 bits per heavy atom. The summed E-state index contributed by atoms with van der Waals surface area (Å²) in [6.45, 7) is 1.79. The number of pyridine rings is 1. The first-order chi connectivity index (χ1) is 11.4. The van der Waals surface area contributed by atoms with Crippen LogP contribution in [0.4, 0.5) is 5.13 Å². The molecule has 2 heterocycles. The Labute approximate surface area is 143 Å². The van der Waals surface area contributed by atoms with E-state index in [2.05, 4.69) is 24.7 Å². The van der Waals surface area contributed by atoms with E-state index in [1.807, 2.05) is 6.07 Å². The van der Waals surface area contributed by atoms with Gasteiger partial charge < -0.3 is 11.5 Å². The van der Waals surface area contributed by atoms with Crippen molar-refractivity contribution in [3.63, 3.8) is 0 Å². The molecule has 0 saturated heterocycles. The number of guanidine groups is 1. The quantitative estimate of drug-likeness (QED) is 0.481. The molecule has 5 N–H and O–H groups in total. The van der Waals surface area contributed by atoms with Crippen molar-refractivity contribution < 1.29 is 8.42 Å². The van der Waals surface area contributed by atoms with Gasteiger partial charge >= 0.3 is 0 Å². The molecular weight excluding hydrogens is 350 g/mol. The van der Waals surface area contributed by atoms with E-state index in [9.17, 15) is 8.42 Å². The highest BCUT2D eigenvalue weighted by Crippen LogP contribution is 2.25. The van der Waals surface area contributed by atoms with Crippen molar-refractivity contribution in [1.29, 1.82) is 0 Å². The lowest BCUT2D eigenvalue weighted by molar-refractivity contribution is 0.594. The second kappa shape index (κ2) is 7.84. The predicted molar refractivity (Wildman–Crippen MR) is 95.6 cm³/mol. The molecule has 24 heavy (non-hydrogen) atoms. The van der Waals surface area contributed by atoms with E-state index in [-0.39, 0.29) is 18.3 Å². The fraction of sp³-hybridized carbons (Fsp3) is 0.231. The number of nitrogens with one attached hydrogen (secondary N) is 1. The van der Waals surface area contributed by atoms with Crippen molar-refractivity contribution in [3.8, 4) is 11.4 Å². The number of thiazole rings is 1. The highest BCUT2D eigenvalue weighted by molar-refractivity contribution is 7.89. The van der Waals surface area contributed by atoms with Crippen LogP contribution >= 0.6 is 11.3 Å². The zero-order chi connectivity index (χ0) is 17.6. The van der Waals surface area contributed by atoms with Crippen molar-refractivity contribution in [2.24, 2.45) is 21.5 Å². The van der Waals surface area contributed by atoms with E-state index < -0.39 is 10.0 Å². The van der Waals surface area contributed by atoms with Crippen LogP contribution < -0.4 is 16.2 Å². The van der Waals surface area contributed by atoms with Gasteiger partial charge in [-0.25, -0.2) is 18.4 Å². The summed E-state index contributed by atoms with van der Waals surface area (Å²) in [6.07, 6.45) is 1.16. The first kappa shape index (κ1) is 17.8. The number of hydrogen-bond acceptors (Lipinski definition) is 7. The van der Waals surface area contributed by atoms with Gasteiger partial charge in [0.15, 0.2) is 5.96 Å². The molecule has 0 saturated carbocycles. The van der Waals surface area contributed by atoms with Gasteiger partial charge in [0.1, 0.15) is 5.69 Å². The summed E-state index contributed by atoms with van der Waals surface area (Å²) in [6, 6.07) is 5.42. The molecule has 2 aromatic rings. The Morgan fingerprint density at radius 1 is 1.33 bits per heavy atom. The second-order valence-electron chi connectivity index (χ2n) is 4.56. The SMILES string of the molecule is CCS(=O)(=O)NC=NCc1cccc(-c2csc(N=C(N)N)n2)n1. The van der Waals surface area contributed by atoms with E-state index >= 15 is 0 Å². The van der Waals surface area contributed by atoms with Gasteiger partial charge in [0, 0.05) is 5.38 Å². The van der Waals surface area contributed by atoms with Gasteiger partial charge in [0.25, 0.3) is 0 Å². The maximum atomic E-state index is 11.3. The minimum absolute atomic E-state index is 0.00525. The molecule has 0 aliphatic heterocycles. The molecule has 0 unspecified atom stereocenters. The van der Waals surface area contributed by atoms with E-state index in [0.717, 1.165) is 6.34 Å². The summed E-state index contributed by atoms with van der Waals surface area (Å²) in [7, 11) is -3.29. The Hall–Kier alpha value is -2.53. The number of rotatable bonds is 7. The zero-order valence-corrected chi connectivity index (χ0v) is 14.5. The Bertz CT molecular complexity index is 855. The molecule has 0 aliphatic rings. The first-order valence-electron chi connectivity index (χ1n) is 6.89. The van der Waals surface area contributed by atoms with Crippen LogP contribution in [0.1, 0.15) is 12.6 Å². The Kier molecular flexibility index (Phi) is 5.82. The molecule has 0 atom stereocenters. The standard InChI is InChI=1S/C13H17N7O2S2/c1-2-24(21,22)17-8-16-6-9-4-3-5-10(18-9)11-7-23-13(19-11)20-12(14)15/h3-5,7-8H,2,6H2,1H3,(H,16,17)(H4,14,15,19,20). The topological polar surface area (TPSA) is 149 Å². The van der Waals surface area contributed by atoms with Gasteiger partial charge in [0.05, 0.1) is 30.0 Å². The molecule has 2 aromatic heterocycles. The molecule has 0 amide bonds. The fourth-order valence-corrected chi connectivity index (χ4v) is 2.70. The van der Waals surface area contributed by atoms with Gasteiger partial charge in [-0.05, 0) is 19.1 Å². The lowest BCUT2D eigenvalue weighted by Crippen LogP contribution is -2.23. The van der Waals surface area contributed by atoms with Crippen molar-refractivity contribution in [2.75, 3.05) is 5.75 Å². The molecule has 9 nitrogen and oxygen atoms in total. The molecule has 11 heteroatoms. The van der Waals surface area contributed by atoms with Crippen LogP contribution in [0.25, 0.3) is 11.4 Å². The summed E-state index contributed by atoms with van der Waals surface area (Å²) < 4.78 is 24.8. The number of nitrogens with two attached hydrogens (primary N) is 2. The maximum absolute atomic E-state index is 11.3. The molecule has 0 aromatic carbocycles. The molecule has 0 fully saturated rings. The lowest BCUT2D eigenvalue weighted by Gasteiger charge is -2.01. The molecular formula is C13H17N7O2S2. The van der Waals surface area contributed by atoms with Crippen LogP contribution in [0.15, 0.2) is 33.6 Å². The number of aliphatic imine (C=N–C) groups is 2. The summed E-state index contributed by atoms with van der Waals surface area (Å²) in [5.41, 5.74) is 12.6. The largest absolute Gasteiger partial charge is 0.370 e. The monoisotopic (exact) mass is 367 g/mol. The number of hydrogen-bond donors (Lipinski definition) is 3. The molecule has 0 aliphatic carbocycles. The second-order valence-corrected chi connectivity index (χ2v) is 7.44. The molecule has 128 valence electrons. The van der Waals surface area contributed by atoms with E-state index in [1.54, 1.807) is 24.4 Å². The van der Waals surface area contributed by atoms with E-state index in [0.29, 0.717) is 22.2 Å². The Balaban J connectivity index is 2.08. The van der Waals surface area contributed by atoms with Gasteiger partial charge in [-0.3, -0.25) is 9.71 Å². The van der Waals surface area contributed by atoms with Crippen LogP contribution in [0.5, 0.6) is 0 Å². The summed E-state index contributed by atoms with van der Waals surface area (Å²) in [5.74, 6) is -0.0594. The number of nitrogens with zero attached hydrogens (tertiary/aromatic N) is 4. The molecule has 0 spiro atoms. The summed E-state index contributed by atoms with van der Waals surface area (Å²) in [4.78, 5) is 16.6. The number of aromatic nitrogens is 2. The van der Waals surface area contributed by atoms with Crippen LogP contribution in [0.2, 0.25) is 0 Å². The smallest absolute Gasteiger partial charge is 0.233 e. The third kappa shape index (κ3) is 5.28. The molecule has 0 radical (unpaired) electrons. The molecule has 0 bridgehead atoms. The van der Waals surface area contributed by atoms with E-state index in [1.165, 1.54) is 11.3 Å². The van der Waals surface area contributed by atoms with Crippen molar-refractivity contribution in [1.82, 2.24) is 14.7 Å². The van der Waals surface area contributed by atoms with Crippen molar-refractivity contribution >= 4 is 38.8 Å². The third-order valence-corrected chi connectivity index (χ3v) is 4.70. The highest BCUT2D eigenvalue weighted by Gasteiger charge is 2.06. The fourth-order valence-electron chi connectivity index (χ4n) is 1.59. The van der Waals surface area contributed by atoms with Crippen LogP contribution in [0, 0.1) is 0 Å². The third-order valence-electron chi connectivity index (χ3n) is 2.74. The van der Waals surface area contributed by atoms with E-state index in [4.69, 9.17) is 11.5 Å². The lowest BCUT2D eigenvalue weighted by atomic mass is 10.2. The normalized spacial score (nSPS) is 11.5.